The molecule has 0 atom stereocenters. The van der Waals surface area contributed by atoms with E-state index >= 15 is 0 Å². The van der Waals surface area contributed by atoms with Gasteiger partial charge in [0, 0.05) is 22.7 Å². The van der Waals surface area contributed by atoms with Gasteiger partial charge >= 0.3 is 0 Å². The number of hydrogen-bond acceptors (Lipinski definition) is 1. The Morgan fingerprint density at radius 3 is 2.56 bits per heavy atom. The van der Waals surface area contributed by atoms with Gasteiger partial charge in [-0.3, -0.25) is 0 Å². The second kappa shape index (κ2) is 3.14. The molecule has 0 aliphatic heterocycles. The van der Waals surface area contributed by atoms with Crippen LogP contribution in [0, 0.1) is 0 Å². The zero-order valence-electron chi connectivity index (χ0n) is 8.85. The van der Waals surface area contributed by atoms with Crippen molar-refractivity contribution in [2.75, 3.05) is 5.73 Å². The molecule has 2 heteroatoms. The van der Waals surface area contributed by atoms with E-state index in [1.807, 2.05) is 36.5 Å². The highest BCUT2D eigenvalue weighted by Crippen LogP contribution is 2.30. The topological polar surface area (TPSA) is 30.9 Å². The fraction of sp³-hybridized carbons (Fsp3) is 0. The third-order valence-electron chi connectivity index (χ3n) is 2.92. The van der Waals surface area contributed by atoms with Crippen molar-refractivity contribution >= 4 is 33.7 Å². The van der Waals surface area contributed by atoms with Crippen LogP contribution in [0.2, 0.25) is 0 Å². The third-order valence-corrected chi connectivity index (χ3v) is 2.92. The highest BCUT2D eigenvalue weighted by Gasteiger charge is 2.07. The minimum absolute atomic E-state index is 0.791. The van der Waals surface area contributed by atoms with E-state index in [1.165, 1.54) is 10.8 Å². The van der Waals surface area contributed by atoms with Crippen LogP contribution in [-0.2, 0) is 0 Å². The number of nitrogen functional groups attached to an aromatic ring is 1. The number of anilines is 1. The average molecular weight is 208 g/mol. The maximum Gasteiger partial charge on any atom is 0.0536 e. The van der Waals surface area contributed by atoms with E-state index < -0.39 is 0 Å². The van der Waals surface area contributed by atoms with E-state index in [0.717, 1.165) is 16.7 Å². The molecule has 0 saturated heterocycles. The molecule has 3 rings (SSSR count). The largest absolute Gasteiger partial charge is 0.399 e. The molecule has 1 aromatic heterocycles. The van der Waals surface area contributed by atoms with Crippen molar-refractivity contribution in [1.29, 1.82) is 0 Å². The van der Waals surface area contributed by atoms with Gasteiger partial charge in [0.15, 0.2) is 0 Å². The van der Waals surface area contributed by atoms with Gasteiger partial charge in [-0.25, -0.2) is 0 Å². The molecule has 3 aromatic rings. The summed E-state index contributed by atoms with van der Waals surface area (Å²) in [6, 6.07) is 14.2. The standard InChI is InChI=1S/C14H12N2/c1-2-16-13-6-4-3-5-11(13)12-9-10(15)7-8-14(12)16/h2-9H,1,15H2. The Balaban J connectivity index is 2.64. The van der Waals surface area contributed by atoms with Crippen LogP contribution in [-0.4, -0.2) is 4.57 Å². The Bertz CT molecular complexity index is 692. The summed E-state index contributed by atoms with van der Waals surface area (Å²) in [4.78, 5) is 0. The lowest BCUT2D eigenvalue weighted by atomic mass is 10.1. The second-order valence-electron chi connectivity index (χ2n) is 3.85. The first-order valence-electron chi connectivity index (χ1n) is 5.22. The summed E-state index contributed by atoms with van der Waals surface area (Å²) >= 11 is 0. The number of aromatic nitrogens is 1. The van der Waals surface area contributed by atoms with Gasteiger partial charge in [0.1, 0.15) is 0 Å². The zero-order chi connectivity index (χ0) is 11.1. The predicted molar refractivity (Wildman–Crippen MR) is 70.2 cm³/mol. The molecule has 0 unspecified atom stereocenters. The Morgan fingerprint density at radius 1 is 1.00 bits per heavy atom. The summed E-state index contributed by atoms with van der Waals surface area (Å²) in [6.45, 7) is 3.86. The molecule has 0 aliphatic carbocycles. The van der Waals surface area contributed by atoms with E-state index in [-0.39, 0.29) is 0 Å². The van der Waals surface area contributed by atoms with Crippen molar-refractivity contribution in [2.45, 2.75) is 0 Å². The molecule has 0 bridgehead atoms. The molecular formula is C14H12N2. The molecule has 0 radical (unpaired) electrons. The summed E-state index contributed by atoms with van der Waals surface area (Å²) < 4.78 is 2.09. The molecule has 1 heterocycles. The fourth-order valence-electron chi connectivity index (χ4n) is 2.22. The van der Waals surface area contributed by atoms with Crippen LogP contribution in [0.1, 0.15) is 0 Å². The molecule has 2 aromatic carbocycles. The summed E-state index contributed by atoms with van der Waals surface area (Å²) in [5.41, 5.74) is 8.93. The maximum absolute atomic E-state index is 5.83. The second-order valence-corrected chi connectivity index (χ2v) is 3.85. The Labute approximate surface area is 93.6 Å². The number of nitrogens with two attached hydrogens (primary N) is 1. The minimum atomic E-state index is 0.791. The highest BCUT2D eigenvalue weighted by molar-refractivity contribution is 6.10. The quantitative estimate of drug-likeness (QED) is 0.610. The molecule has 16 heavy (non-hydrogen) atoms. The van der Waals surface area contributed by atoms with Crippen LogP contribution in [0.5, 0.6) is 0 Å². The predicted octanol–water partition coefficient (Wildman–Crippen LogP) is 3.48. The van der Waals surface area contributed by atoms with Crippen molar-refractivity contribution < 1.29 is 0 Å². The van der Waals surface area contributed by atoms with Crippen LogP contribution in [0.25, 0.3) is 28.0 Å². The van der Waals surface area contributed by atoms with Crippen LogP contribution in [0.15, 0.2) is 49.0 Å². The minimum Gasteiger partial charge on any atom is -0.399 e. The van der Waals surface area contributed by atoms with Gasteiger partial charge in [0.25, 0.3) is 0 Å². The van der Waals surface area contributed by atoms with Crippen LogP contribution in [0.4, 0.5) is 5.69 Å². The molecule has 0 spiro atoms. The lowest BCUT2D eigenvalue weighted by Crippen LogP contribution is -1.85. The highest BCUT2D eigenvalue weighted by atomic mass is 14.9. The summed E-state index contributed by atoms with van der Waals surface area (Å²) in [5.74, 6) is 0. The smallest absolute Gasteiger partial charge is 0.0536 e. The van der Waals surface area contributed by atoms with E-state index in [9.17, 15) is 0 Å². The Morgan fingerprint density at radius 2 is 1.75 bits per heavy atom. The van der Waals surface area contributed by atoms with E-state index in [2.05, 4.69) is 23.3 Å². The first-order valence-corrected chi connectivity index (χ1v) is 5.22. The van der Waals surface area contributed by atoms with Crippen molar-refractivity contribution in [3.05, 3.63) is 49.0 Å². The van der Waals surface area contributed by atoms with Gasteiger partial charge in [-0.05, 0) is 24.3 Å². The number of nitrogens with zero attached hydrogens (tertiary/aromatic N) is 1. The summed E-state index contributed by atoms with van der Waals surface area (Å²) in [6.07, 6.45) is 1.83. The summed E-state index contributed by atoms with van der Waals surface area (Å²) in [7, 11) is 0. The molecule has 0 aliphatic rings. The maximum atomic E-state index is 5.83. The third kappa shape index (κ3) is 1.07. The number of fused-ring (bicyclic) bond motifs is 3. The normalized spacial score (nSPS) is 11.0. The van der Waals surface area contributed by atoms with Crippen LogP contribution >= 0.6 is 0 Å². The molecule has 78 valence electrons. The zero-order valence-corrected chi connectivity index (χ0v) is 8.85. The first-order chi connectivity index (χ1) is 7.81. The van der Waals surface area contributed by atoms with Gasteiger partial charge in [-0.1, -0.05) is 24.8 Å². The Hall–Kier alpha value is -2.22. The van der Waals surface area contributed by atoms with Crippen molar-refractivity contribution in [2.24, 2.45) is 0 Å². The lowest BCUT2D eigenvalue weighted by molar-refractivity contribution is 1.30. The van der Waals surface area contributed by atoms with Gasteiger partial charge in [0.2, 0.25) is 0 Å². The molecule has 0 amide bonds. The number of benzene rings is 2. The van der Waals surface area contributed by atoms with Crippen molar-refractivity contribution in [3.8, 4) is 0 Å². The van der Waals surface area contributed by atoms with E-state index in [1.54, 1.807) is 0 Å². The van der Waals surface area contributed by atoms with Crippen molar-refractivity contribution in [1.82, 2.24) is 4.57 Å². The molecule has 0 saturated carbocycles. The monoisotopic (exact) mass is 208 g/mol. The lowest BCUT2D eigenvalue weighted by Gasteiger charge is -1.98. The number of rotatable bonds is 1. The van der Waals surface area contributed by atoms with E-state index in [4.69, 9.17) is 5.73 Å². The number of para-hydroxylation sites is 1. The fourth-order valence-corrected chi connectivity index (χ4v) is 2.22. The molecule has 2 nitrogen and oxygen atoms in total. The van der Waals surface area contributed by atoms with Gasteiger partial charge in [0.05, 0.1) is 11.0 Å². The summed E-state index contributed by atoms with van der Waals surface area (Å²) in [5, 5.41) is 2.39. The van der Waals surface area contributed by atoms with Crippen LogP contribution in [0.3, 0.4) is 0 Å². The first kappa shape index (κ1) is 9.04. The van der Waals surface area contributed by atoms with E-state index in [0.29, 0.717) is 0 Å². The van der Waals surface area contributed by atoms with Gasteiger partial charge in [-0.2, -0.15) is 0 Å². The molecule has 2 N–H and O–H groups in total. The molecule has 0 fully saturated rings. The molecular weight excluding hydrogens is 196 g/mol. The Kier molecular flexibility index (Phi) is 1.77. The van der Waals surface area contributed by atoms with Gasteiger partial charge < -0.3 is 10.3 Å². The van der Waals surface area contributed by atoms with Crippen molar-refractivity contribution in [3.63, 3.8) is 0 Å². The van der Waals surface area contributed by atoms with Crippen LogP contribution < -0.4 is 5.73 Å². The number of hydrogen-bond donors (Lipinski definition) is 1. The average Bonchev–Trinajstić information content (AvgIpc) is 2.62. The SMILES string of the molecule is C=Cn1c2ccccc2c2cc(N)ccc21. The van der Waals surface area contributed by atoms with Gasteiger partial charge in [-0.15, -0.1) is 0 Å².